The summed E-state index contributed by atoms with van der Waals surface area (Å²) in [5.41, 5.74) is 1.98. The molecular weight excluding hydrogens is 385 g/mol. The molecule has 1 heterocycles. The first-order valence-corrected chi connectivity index (χ1v) is 8.09. The van der Waals surface area contributed by atoms with Gasteiger partial charge in [0.2, 0.25) is 0 Å². The van der Waals surface area contributed by atoms with E-state index in [4.69, 9.17) is 0 Å². The lowest BCUT2D eigenvalue weighted by Crippen LogP contribution is -2.58. The molecule has 0 aliphatic carbocycles. The molecule has 1 aliphatic rings. The Morgan fingerprint density at radius 2 is 1.85 bits per heavy atom. The summed E-state index contributed by atoms with van der Waals surface area (Å²) in [4.78, 5) is 0. The van der Waals surface area contributed by atoms with Gasteiger partial charge >= 0.3 is 0 Å². The van der Waals surface area contributed by atoms with Crippen LogP contribution < -0.4 is 5.32 Å². The van der Waals surface area contributed by atoms with Gasteiger partial charge in [0, 0.05) is 27.4 Å². The van der Waals surface area contributed by atoms with Gasteiger partial charge in [-0.05, 0) is 41.8 Å². The molecule has 104 valence electrons. The highest BCUT2D eigenvalue weighted by molar-refractivity contribution is 9.10. The quantitative estimate of drug-likeness (QED) is 0.806. The Labute approximate surface area is 134 Å². The lowest BCUT2D eigenvalue weighted by molar-refractivity contribution is 0.271. The number of benzene rings is 2. The van der Waals surface area contributed by atoms with E-state index >= 15 is 0 Å². The maximum atomic E-state index is 14.0. The van der Waals surface area contributed by atoms with E-state index in [1.54, 1.807) is 6.07 Å². The molecule has 0 amide bonds. The van der Waals surface area contributed by atoms with Crippen molar-refractivity contribution < 1.29 is 4.39 Å². The van der Waals surface area contributed by atoms with E-state index in [-0.39, 0.29) is 11.2 Å². The van der Waals surface area contributed by atoms with E-state index in [1.165, 1.54) is 11.6 Å². The summed E-state index contributed by atoms with van der Waals surface area (Å²) in [5.74, 6) is -0.133. The average Bonchev–Trinajstić information content (AvgIpc) is 2.39. The summed E-state index contributed by atoms with van der Waals surface area (Å²) in [7, 11) is 0. The number of rotatable bonds is 3. The highest BCUT2D eigenvalue weighted by Crippen LogP contribution is 2.37. The van der Waals surface area contributed by atoms with Crippen LogP contribution in [0.5, 0.6) is 0 Å². The first kappa shape index (κ1) is 14.2. The Balaban J connectivity index is 1.98. The molecule has 1 fully saturated rings. The fraction of sp³-hybridized carbons (Fsp3) is 0.250. The molecule has 1 saturated heterocycles. The lowest BCUT2D eigenvalue weighted by atomic mass is 9.71. The zero-order valence-corrected chi connectivity index (χ0v) is 14.0. The highest BCUT2D eigenvalue weighted by atomic mass is 79.9. The third-order valence-electron chi connectivity index (χ3n) is 3.91. The monoisotopic (exact) mass is 397 g/mol. The SMILES string of the molecule is Fc1ccc(Br)cc1CC1(c2ccccc2Br)CNC1. The summed E-state index contributed by atoms with van der Waals surface area (Å²) in [6.45, 7) is 1.75. The van der Waals surface area contributed by atoms with E-state index < -0.39 is 0 Å². The second-order valence-corrected chi connectivity index (χ2v) is 7.05. The minimum atomic E-state index is -0.133. The maximum absolute atomic E-state index is 14.0. The van der Waals surface area contributed by atoms with E-state index in [1.807, 2.05) is 24.3 Å². The normalized spacial score (nSPS) is 16.8. The van der Waals surface area contributed by atoms with Crippen molar-refractivity contribution in [3.05, 3.63) is 68.4 Å². The van der Waals surface area contributed by atoms with Gasteiger partial charge in [-0.25, -0.2) is 4.39 Å². The molecule has 0 bridgehead atoms. The molecule has 1 aliphatic heterocycles. The van der Waals surface area contributed by atoms with Gasteiger partial charge in [-0.1, -0.05) is 50.1 Å². The number of hydrogen-bond donors (Lipinski definition) is 1. The molecule has 0 atom stereocenters. The predicted molar refractivity (Wildman–Crippen MR) is 86.5 cm³/mol. The van der Waals surface area contributed by atoms with Crippen molar-refractivity contribution in [3.63, 3.8) is 0 Å². The molecule has 0 spiro atoms. The summed E-state index contributed by atoms with van der Waals surface area (Å²) >= 11 is 7.05. The average molecular weight is 399 g/mol. The number of hydrogen-bond acceptors (Lipinski definition) is 1. The van der Waals surface area contributed by atoms with Crippen LogP contribution in [0.4, 0.5) is 4.39 Å². The highest BCUT2D eigenvalue weighted by Gasteiger charge is 2.40. The van der Waals surface area contributed by atoms with Gasteiger partial charge in [0.25, 0.3) is 0 Å². The van der Waals surface area contributed by atoms with Gasteiger partial charge in [0.05, 0.1) is 0 Å². The van der Waals surface area contributed by atoms with E-state index in [2.05, 4.69) is 43.2 Å². The minimum absolute atomic E-state index is 0.0261. The van der Waals surface area contributed by atoms with Crippen LogP contribution in [-0.4, -0.2) is 13.1 Å². The maximum Gasteiger partial charge on any atom is 0.126 e. The number of halogens is 3. The molecule has 1 nitrogen and oxygen atoms in total. The zero-order valence-electron chi connectivity index (χ0n) is 10.8. The van der Waals surface area contributed by atoms with Crippen LogP contribution in [-0.2, 0) is 11.8 Å². The van der Waals surface area contributed by atoms with Crippen molar-refractivity contribution in [1.29, 1.82) is 0 Å². The van der Waals surface area contributed by atoms with Crippen molar-refractivity contribution in [3.8, 4) is 0 Å². The van der Waals surface area contributed by atoms with Gasteiger partial charge in [-0.3, -0.25) is 0 Å². The first-order valence-electron chi connectivity index (χ1n) is 6.50. The van der Waals surface area contributed by atoms with Crippen molar-refractivity contribution in [1.82, 2.24) is 5.32 Å². The van der Waals surface area contributed by atoms with Gasteiger partial charge in [0.15, 0.2) is 0 Å². The van der Waals surface area contributed by atoms with Crippen LogP contribution in [0.15, 0.2) is 51.4 Å². The predicted octanol–water partition coefficient (Wildman–Crippen LogP) is 4.43. The van der Waals surface area contributed by atoms with Crippen LogP contribution in [0.3, 0.4) is 0 Å². The second kappa shape index (κ2) is 5.58. The van der Waals surface area contributed by atoms with Crippen LogP contribution in [0.1, 0.15) is 11.1 Å². The Morgan fingerprint density at radius 1 is 1.10 bits per heavy atom. The van der Waals surface area contributed by atoms with Crippen molar-refractivity contribution in [2.24, 2.45) is 0 Å². The molecule has 2 aromatic rings. The Bertz CT molecular complexity index is 638. The van der Waals surface area contributed by atoms with Crippen LogP contribution in [0.25, 0.3) is 0 Å². The smallest absolute Gasteiger partial charge is 0.126 e. The molecule has 20 heavy (non-hydrogen) atoms. The van der Waals surface area contributed by atoms with Crippen LogP contribution in [0.2, 0.25) is 0 Å². The molecule has 4 heteroatoms. The Kier molecular flexibility index (Phi) is 3.98. The third kappa shape index (κ3) is 2.57. The standard InChI is InChI=1S/C16H14Br2FN/c17-12-5-6-15(19)11(7-12)8-16(9-20-10-16)13-3-1-2-4-14(13)18/h1-7,20H,8-10H2. The molecule has 0 saturated carbocycles. The minimum Gasteiger partial charge on any atom is -0.315 e. The fourth-order valence-electron chi connectivity index (χ4n) is 2.77. The second-order valence-electron chi connectivity index (χ2n) is 5.28. The van der Waals surface area contributed by atoms with Crippen LogP contribution in [0, 0.1) is 5.82 Å². The molecule has 2 aromatic carbocycles. The summed E-state index contributed by atoms with van der Waals surface area (Å²) in [6, 6.07) is 13.4. The molecule has 0 unspecified atom stereocenters. The lowest BCUT2D eigenvalue weighted by Gasteiger charge is -2.44. The Morgan fingerprint density at radius 3 is 2.50 bits per heavy atom. The zero-order chi connectivity index (χ0) is 14.2. The van der Waals surface area contributed by atoms with Crippen molar-refractivity contribution in [2.75, 3.05) is 13.1 Å². The third-order valence-corrected chi connectivity index (χ3v) is 5.09. The van der Waals surface area contributed by atoms with Gasteiger partial charge in [0.1, 0.15) is 5.82 Å². The van der Waals surface area contributed by atoms with E-state index in [0.717, 1.165) is 27.6 Å². The molecule has 3 rings (SSSR count). The largest absolute Gasteiger partial charge is 0.315 e. The molecule has 0 radical (unpaired) electrons. The van der Waals surface area contributed by atoms with E-state index in [0.29, 0.717) is 6.42 Å². The fourth-order valence-corrected chi connectivity index (χ4v) is 3.89. The van der Waals surface area contributed by atoms with Gasteiger partial charge in [-0.15, -0.1) is 0 Å². The summed E-state index contributed by atoms with van der Waals surface area (Å²) in [5, 5.41) is 3.33. The summed E-state index contributed by atoms with van der Waals surface area (Å²) < 4.78 is 16.0. The molecular formula is C16H14Br2FN. The van der Waals surface area contributed by atoms with E-state index in [9.17, 15) is 4.39 Å². The Hall–Kier alpha value is -0.710. The van der Waals surface area contributed by atoms with Crippen molar-refractivity contribution >= 4 is 31.9 Å². The molecule has 1 N–H and O–H groups in total. The molecule has 0 aromatic heterocycles. The summed E-state index contributed by atoms with van der Waals surface area (Å²) in [6.07, 6.45) is 0.702. The van der Waals surface area contributed by atoms with Gasteiger partial charge < -0.3 is 5.32 Å². The number of nitrogens with one attached hydrogen (secondary N) is 1. The van der Waals surface area contributed by atoms with Gasteiger partial charge in [-0.2, -0.15) is 0 Å². The van der Waals surface area contributed by atoms with Crippen molar-refractivity contribution in [2.45, 2.75) is 11.8 Å². The van der Waals surface area contributed by atoms with Crippen LogP contribution >= 0.6 is 31.9 Å². The topological polar surface area (TPSA) is 12.0 Å². The first-order chi connectivity index (χ1) is 9.61.